The second-order valence-electron chi connectivity index (χ2n) is 6.79. The highest BCUT2D eigenvalue weighted by molar-refractivity contribution is 7.57. The van der Waals surface area contributed by atoms with Gasteiger partial charge in [0.1, 0.15) is 0 Å². The van der Waals surface area contributed by atoms with Crippen LogP contribution in [0, 0.1) is 0 Å². The van der Waals surface area contributed by atoms with Gasteiger partial charge in [0.25, 0.3) is 0 Å². The van der Waals surface area contributed by atoms with Crippen LogP contribution in [0.5, 0.6) is 0 Å². The van der Waals surface area contributed by atoms with E-state index in [1.165, 1.54) is 0 Å². The molecule has 0 amide bonds. The molecule has 0 aromatic heterocycles. The van der Waals surface area contributed by atoms with Crippen molar-refractivity contribution in [2.75, 3.05) is 12.7 Å². The van der Waals surface area contributed by atoms with E-state index in [1.807, 2.05) is 49.4 Å². The summed E-state index contributed by atoms with van der Waals surface area (Å²) in [6, 6.07) is 14.8. The zero-order chi connectivity index (χ0) is 19.9. The quantitative estimate of drug-likeness (QED) is 0.477. The Bertz CT molecular complexity index is 773. The predicted octanol–water partition coefficient (Wildman–Crippen LogP) is 4.74. The lowest BCUT2D eigenvalue weighted by Crippen LogP contribution is -2.38. The molecule has 4 nitrogen and oxygen atoms in total. The van der Waals surface area contributed by atoms with Gasteiger partial charge in [-0.05, 0) is 36.1 Å². The van der Waals surface area contributed by atoms with E-state index in [0.717, 1.165) is 24.0 Å². The Kier molecular flexibility index (Phi) is 8.81. The van der Waals surface area contributed by atoms with Crippen LogP contribution in [0.3, 0.4) is 0 Å². The molecule has 27 heavy (non-hydrogen) atoms. The zero-order valence-corrected chi connectivity index (χ0v) is 17.7. The molecule has 0 heterocycles. The number of hydrogen-bond acceptors (Lipinski definition) is 3. The van der Waals surface area contributed by atoms with Crippen molar-refractivity contribution >= 4 is 30.6 Å². The molecule has 2 aromatic rings. The van der Waals surface area contributed by atoms with Crippen molar-refractivity contribution in [1.82, 2.24) is 5.32 Å². The van der Waals surface area contributed by atoms with Gasteiger partial charge in [-0.1, -0.05) is 66.5 Å². The first-order valence-electron chi connectivity index (χ1n) is 8.99. The van der Waals surface area contributed by atoms with Gasteiger partial charge in [-0.3, -0.25) is 4.57 Å². The lowest BCUT2D eigenvalue weighted by atomic mass is 10.0. The molecule has 0 spiro atoms. The normalized spacial score (nSPS) is 15.9. The van der Waals surface area contributed by atoms with Crippen LogP contribution in [-0.2, 0) is 17.1 Å². The van der Waals surface area contributed by atoms with Crippen molar-refractivity contribution in [1.29, 1.82) is 0 Å². The van der Waals surface area contributed by atoms with Gasteiger partial charge in [0.15, 0.2) is 0 Å². The van der Waals surface area contributed by atoms with E-state index in [0.29, 0.717) is 10.0 Å². The topological polar surface area (TPSA) is 69.6 Å². The monoisotopic (exact) mass is 429 g/mol. The van der Waals surface area contributed by atoms with Crippen LogP contribution in [0.15, 0.2) is 48.5 Å². The zero-order valence-electron chi connectivity index (χ0n) is 15.3. The maximum Gasteiger partial charge on any atom is 0.207 e. The fourth-order valence-corrected chi connectivity index (χ4v) is 4.96. The van der Waals surface area contributed by atoms with E-state index in [9.17, 15) is 14.6 Å². The molecule has 7 heteroatoms. The molecule has 2 aromatic carbocycles. The van der Waals surface area contributed by atoms with Crippen LogP contribution in [0.2, 0.25) is 10.0 Å². The van der Waals surface area contributed by atoms with E-state index in [4.69, 9.17) is 23.2 Å². The van der Waals surface area contributed by atoms with Crippen LogP contribution in [0.4, 0.5) is 0 Å². The van der Waals surface area contributed by atoms with Crippen molar-refractivity contribution in [2.24, 2.45) is 0 Å². The molecule has 0 aliphatic rings. The highest BCUT2D eigenvalue weighted by atomic mass is 35.5. The summed E-state index contributed by atoms with van der Waals surface area (Å²) in [5, 5.41) is 14.5. The summed E-state index contributed by atoms with van der Waals surface area (Å²) < 4.78 is 12.4. The minimum atomic E-state index is -3.44. The van der Waals surface area contributed by atoms with Gasteiger partial charge in [-0.15, -0.1) is 0 Å². The summed E-state index contributed by atoms with van der Waals surface area (Å²) in [6.07, 6.45) is 0.658. The molecule has 0 saturated carbocycles. The van der Waals surface area contributed by atoms with Gasteiger partial charge >= 0.3 is 0 Å². The van der Waals surface area contributed by atoms with E-state index < -0.39 is 13.5 Å². The van der Waals surface area contributed by atoms with Crippen molar-refractivity contribution in [2.45, 2.75) is 38.1 Å². The standard InChI is InChI=1S/C20H26Cl2NO3P/c1-2-17(10-16-8-9-19(21)20(22)11-16)23-12-18(24)14-27(25,26)13-15-6-4-3-5-7-15/h3-9,11,17-18,23-24H,2,10,12-14H2,1H3,(H,25,26)/t17?,18-/m1/s1. The first-order valence-corrected chi connectivity index (χ1v) is 11.8. The SMILES string of the molecule is CCC(Cc1ccc(Cl)c(Cl)c1)NC[C@@H](O)CP(=O)(O)Cc1ccccc1. The summed E-state index contributed by atoms with van der Waals surface area (Å²) in [5.41, 5.74) is 1.85. The number of nitrogens with one attached hydrogen (secondary N) is 1. The van der Waals surface area contributed by atoms with Gasteiger partial charge in [0.2, 0.25) is 7.37 Å². The van der Waals surface area contributed by atoms with Gasteiger partial charge in [0, 0.05) is 18.7 Å². The average Bonchev–Trinajstić information content (AvgIpc) is 2.61. The number of rotatable bonds is 10. The third-order valence-electron chi connectivity index (χ3n) is 4.37. The molecule has 148 valence electrons. The van der Waals surface area contributed by atoms with Gasteiger partial charge in [0.05, 0.1) is 22.3 Å². The van der Waals surface area contributed by atoms with Crippen LogP contribution in [-0.4, -0.2) is 34.9 Å². The van der Waals surface area contributed by atoms with Crippen molar-refractivity contribution < 1.29 is 14.6 Å². The molecule has 0 radical (unpaired) electrons. The first-order chi connectivity index (χ1) is 12.8. The molecule has 3 atom stereocenters. The highest BCUT2D eigenvalue weighted by Gasteiger charge is 2.24. The van der Waals surface area contributed by atoms with E-state index in [1.54, 1.807) is 6.07 Å². The lowest BCUT2D eigenvalue weighted by Gasteiger charge is -2.21. The summed E-state index contributed by atoms with van der Waals surface area (Å²) in [4.78, 5) is 10.2. The summed E-state index contributed by atoms with van der Waals surface area (Å²) in [7, 11) is -3.44. The highest BCUT2D eigenvalue weighted by Crippen LogP contribution is 2.44. The fraction of sp³-hybridized carbons (Fsp3) is 0.400. The molecule has 0 bridgehead atoms. The summed E-state index contributed by atoms with van der Waals surface area (Å²) >= 11 is 12.0. The molecular weight excluding hydrogens is 404 g/mol. The minimum absolute atomic E-state index is 0.0748. The first kappa shape index (κ1) is 22.4. The number of aliphatic hydroxyl groups is 1. The second-order valence-corrected chi connectivity index (χ2v) is 9.98. The minimum Gasteiger partial charge on any atom is -0.391 e. The van der Waals surface area contributed by atoms with Crippen molar-refractivity contribution in [3.05, 3.63) is 69.7 Å². The van der Waals surface area contributed by atoms with Crippen LogP contribution >= 0.6 is 30.6 Å². The Hall–Kier alpha value is -0.870. The summed E-state index contributed by atoms with van der Waals surface area (Å²) in [6.45, 7) is 2.31. The Morgan fingerprint density at radius 2 is 1.78 bits per heavy atom. The average molecular weight is 430 g/mol. The number of aliphatic hydroxyl groups excluding tert-OH is 1. The van der Waals surface area contributed by atoms with Crippen LogP contribution < -0.4 is 5.32 Å². The number of halogens is 2. The maximum absolute atomic E-state index is 12.4. The third-order valence-corrected chi connectivity index (χ3v) is 6.96. The van der Waals surface area contributed by atoms with Gasteiger partial charge < -0.3 is 15.3 Å². The van der Waals surface area contributed by atoms with Crippen molar-refractivity contribution in [3.63, 3.8) is 0 Å². The Morgan fingerprint density at radius 1 is 1.07 bits per heavy atom. The lowest BCUT2D eigenvalue weighted by molar-refractivity contribution is 0.184. The Morgan fingerprint density at radius 3 is 2.41 bits per heavy atom. The third kappa shape index (κ3) is 7.95. The van der Waals surface area contributed by atoms with E-state index in [2.05, 4.69) is 5.32 Å². The van der Waals surface area contributed by atoms with Crippen LogP contribution in [0.1, 0.15) is 24.5 Å². The molecule has 2 rings (SSSR count). The fourth-order valence-electron chi connectivity index (χ4n) is 2.94. The Balaban J connectivity index is 1.84. The van der Waals surface area contributed by atoms with Crippen LogP contribution in [0.25, 0.3) is 0 Å². The smallest absolute Gasteiger partial charge is 0.207 e. The molecule has 0 aliphatic carbocycles. The second kappa shape index (κ2) is 10.6. The van der Waals surface area contributed by atoms with Gasteiger partial charge in [-0.2, -0.15) is 0 Å². The number of benzene rings is 2. The molecular formula is C20H26Cl2NO3P. The molecule has 0 saturated heterocycles. The van der Waals surface area contributed by atoms with Crippen molar-refractivity contribution in [3.8, 4) is 0 Å². The summed E-state index contributed by atoms with van der Waals surface area (Å²) in [5.74, 6) is 0. The van der Waals surface area contributed by atoms with E-state index >= 15 is 0 Å². The molecule has 0 aliphatic heterocycles. The largest absolute Gasteiger partial charge is 0.391 e. The molecule has 3 N–H and O–H groups in total. The molecule has 2 unspecified atom stereocenters. The number of hydrogen-bond donors (Lipinski definition) is 3. The Labute approximate surface area is 171 Å². The maximum atomic E-state index is 12.4. The predicted molar refractivity (Wildman–Crippen MR) is 113 cm³/mol. The van der Waals surface area contributed by atoms with Gasteiger partial charge in [-0.25, -0.2) is 0 Å². The molecule has 0 fully saturated rings. The van der Waals surface area contributed by atoms with E-state index in [-0.39, 0.29) is 24.9 Å².